The van der Waals surface area contributed by atoms with Crippen LogP contribution in [0.4, 0.5) is 0 Å². The van der Waals surface area contributed by atoms with E-state index in [4.69, 9.17) is 4.74 Å². The van der Waals surface area contributed by atoms with Gasteiger partial charge in [-0.3, -0.25) is 4.90 Å². The highest BCUT2D eigenvalue weighted by Crippen LogP contribution is 2.34. The van der Waals surface area contributed by atoms with E-state index in [-0.39, 0.29) is 0 Å². The van der Waals surface area contributed by atoms with Crippen molar-refractivity contribution in [2.45, 2.75) is 52.2 Å². The lowest BCUT2D eigenvalue weighted by molar-refractivity contribution is -0.0401. The Balaban J connectivity index is 1.83. The van der Waals surface area contributed by atoms with Crippen LogP contribution in [0.3, 0.4) is 0 Å². The second-order valence-electron chi connectivity index (χ2n) is 6.05. The summed E-state index contributed by atoms with van der Waals surface area (Å²) in [6, 6.07) is 0.559. The van der Waals surface area contributed by atoms with Gasteiger partial charge in [0, 0.05) is 19.1 Å². The van der Waals surface area contributed by atoms with Crippen LogP contribution in [0.1, 0.15) is 40.0 Å². The highest BCUT2D eigenvalue weighted by molar-refractivity contribution is 4.87. The van der Waals surface area contributed by atoms with Gasteiger partial charge in [-0.05, 0) is 38.3 Å². The summed E-state index contributed by atoms with van der Waals surface area (Å²) in [4.78, 5) is 2.62. The number of hydrogen-bond donors (Lipinski definition) is 1. The molecule has 2 heterocycles. The Bertz CT molecular complexity index is 230. The minimum Gasteiger partial charge on any atom is -0.374 e. The summed E-state index contributed by atoms with van der Waals surface area (Å²) < 4.78 is 5.87. The lowest BCUT2D eigenvalue weighted by Crippen LogP contribution is -2.53. The van der Waals surface area contributed by atoms with Crippen LogP contribution in [-0.2, 0) is 4.74 Å². The molecule has 0 bridgehead atoms. The van der Waals surface area contributed by atoms with Gasteiger partial charge in [0.25, 0.3) is 0 Å². The number of rotatable bonds is 3. The maximum Gasteiger partial charge on any atom is 0.0852 e. The van der Waals surface area contributed by atoms with E-state index in [0.29, 0.717) is 17.6 Å². The van der Waals surface area contributed by atoms with Gasteiger partial charge in [-0.15, -0.1) is 0 Å². The summed E-state index contributed by atoms with van der Waals surface area (Å²) in [7, 11) is 0. The molecule has 3 heteroatoms. The van der Waals surface area contributed by atoms with Gasteiger partial charge in [0.2, 0.25) is 0 Å². The Kier molecular flexibility index (Phi) is 4.45. The zero-order chi connectivity index (χ0) is 12.3. The molecule has 100 valence electrons. The van der Waals surface area contributed by atoms with E-state index in [9.17, 15) is 0 Å². The van der Waals surface area contributed by atoms with Crippen LogP contribution < -0.4 is 5.32 Å². The maximum atomic E-state index is 5.87. The van der Waals surface area contributed by atoms with Gasteiger partial charge < -0.3 is 10.1 Å². The zero-order valence-electron chi connectivity index (χ0n) is 11.7. The van der Waals surface area contributed by atoms with Crippen molar-refractivity contribution in [1.29, 1.82) is 0 Å². The molecule has 0 radical (unpaired) electrons. The normalized spacial score (nSPS) is 32.3. The minimum atomic E-state index is 0.384. The van der Waals surface area contributed by atoms with Gasteiger partial charge in [-0.2, -0.15) is 0 Å². The predicted molar refractivity (Wildman–Crippen MR) is 71.3 cm³/mol. The number of nitrogens with zero attached hydrogens (tertiary/aromatic N) is 1. The van der Waals surface area contributed by atoms with Crippen molar-refractivity contribution < 1.29 is 4.74 Å². The van der Waals surface area contributed by atoms with Crippen LogP contribution in [0.25, 0.3) is 0 Å². The third kappa shape index (κ3) is 3.21. The summed E-state index contributed by atoms with van der Waals surface area (Å²) in [6.07, 6.45) is 4.38. The lowest BCUT2D eigenvalue weighted by Gasteiger charge is -2.44. The number of likely N-dealkylation sites (tertiary alicyclic amines) is 1. The summed E-state index contributed by atoms with van der Waals surface area (Å²) in [5, 5.41) is 3.43. The summed E-state index contributed by atoms with van der Waals surface area (Å²) in [5.74, 6) is 0. The summed E-state index contributed by atoms with van der Waals surface area (Å²) >= 11 is 0. The fourth-order valence-electron chi connectivity index (χ4n) is 2.96. The van der Waals surface area contributed by atoms with Crippen molar-refractivity contribution in [1.82, 2.24) is 10.2 Å². The van der Waals surface area contributed by atoms with Crippen molar-refractivity contribution in [2.24, 2.45) is 5.41 Å². The Morgan fingerprint density at radius 1 is 1.41 bits per heavy atom. The molecule has 0 aromatic carbocycles. The van der Waals surface area contributed by atoms with Gasteiger partial charge in [0.15, 0.2) is 0 Å². The van der Waals surface area contributed by atoms with E-state index in [1.165, 1.54) is 32.4 Å². The number of hydrogen-bond acceptors (Lipinski definition) is 3. The van der Waals surface area contributed by atoms with Crippen molar-refractivity contribution in [2.75, 3.05) is 32.8 Å². The number of piperidine rings is 1. The van der Waals surface area contributed by atoms with Crippen molar-refractivity contribution in [3.05, 3.63) is 0 Å². The quantitative estimate of drug-likeness (QED) is 0.815. The standard InChI is InChI=1S/C14H28N2O/c1-4-14(3)5-8-16(9-6-14)12(2)13-11-15-7-10-17-13/h12-13,15H,4-11H2,1-3H3. The maximum absolute atomic E-state index is 5.87. The fourth-order valence-corrected chi connectivity index (χ4v) is 2.96. The van der Waals surface area contributed by atoms with Crippen LogP contribution in [0.2, 0.25) is 0 Å². The molecule has 0 aromatic rings. The average molecular weight is 240 g/mol. The highest BCUT2D eigenvalue weighted by Gasteiger charge is 2.33. The van der Waals surface area contributed by atoms with Crippen LogP contribution in [0.15, 0.2) is 0 Å². The van der Waals surface area contributed by atoms with Gasteiger partial charge >= 0.3 is 0 Å². The summed E-state index contributed by atoms with van der Waals surface area (Å²) in [5.41, 5.74) is 0.585. The third-order valence-electron chi connectivity index (χ3n) is 4.93. The zero-order valence-corrected chi connectivity index (χ0v) is 11.7. The molecule has 2 unspecified atom stereocenters. The van der Waals surface area contributed by atoms with Crippen molar-refractivity contribution in [3.8, 4) is 0 Å². The van der Waals surface area contributed by atoms with Crippen molar-refractivity contribution >= 4 is 0 Å². The fraction of sp³-hybridized carbons (Fsp3) is 1.00. The smallest absolute Gasteiger partial charge is 0.0852 e. The van der Waals surface area contributed by atoms with E-state index in [2.05, 4.69) is 31.0 Å². The molecule has 2 saturated heterocycles. The van der Waals surface area contributed by atoms with Crippen LogP contribution in [-0.4, -0.2) is 49.8 Å². The first kappa shape index (κ1) is 13.3. The van der Waals surface area contributed by atoms with Crippen molar-refractivity contribution in [3.63, 3.8) is 0 Å². The molecule has 2 rings (SSSR count). The summed E-state index contributed by atoms with van der Waals surface area (Å²) in [6.45, 7) is 12.5. The monoisotopic (exact) mass is 240 g/mol. The molecular weight excluding hydrogens is 212 g/mol. The molecule has 0 saturated carbocycles. The minimum absolute atomic E-state index is 0.384. The average Bonchev–Trinajstić information content (AvgIpc) is 2.40. The second kappa shape index (κ2) is 5.68. The molecule has 0 aliphatic carbocycles. The molecule has 17 heavy (non-hydrogen) atoms. The number of morpholine rings is 1. The highest BCUT2D eigenvalue weighted by atomic mass is 16.5. The molecular formula is C14H28N2O. The Morgan fingerprint density at radius 2 is 2.12 bits per heavy atom. The van der Waals surface area contributed by atoms with Gasteiger partial charge in [-0.25, -0.2) is 0 Å². The van der Waals surface area contributed by atoms with E-state index in [1.54, 1.807) is 0 Å². The Morgan fingerprint density at radius 3 is 2.65 bits per heavy atom. The van der Waals surface area contributed by atoms with Gasteiger partial charge in [-0.1, -0.05) is 20.3 Å². The molecule has 3 nitrogen and oxygen atoms in total. The van der Waals surface area contributed by atoms with Crippen LogP contribution in [0, 0.1) is 5.41 Å². The molecule has 0 aromatic heterocycles. The first-order chi connectivity index (χ1) is 8.14. The van der Waals surface area contributed by atoms with Gasteiger partial charge in [0.05, 0.1) is 12.7 Å². The molecule has 2 aliphatic rings. The topological polar surface area (TPSA) is 24.5 Å². The van der Waals surface area contributed by atoms with E-state index >= 15 is 0 Å². The predicted octanol–water partition coefficient (Wildman–Crippen LogP) is 1.88. The molecule has 2 aliphatic heterocycles. The largest absolute Gasteiger partial charge is 0.374 e. The van der Waals surface area contributed by atoms with E-state index < -0.39 is 0 Å². The molecule has 2 atom stereocenters. The first-order valence-electron chi connectivity index (χ1n) is 7.21. The lowest BCUT2D eigenvalue weighted by atomic mass is 9.78. The van der Waals surface area contributed by atoms with Crippen LogP contribution >= 0.6 is 0 Å². The number of ether oxygens (including phenoxy) is 1. The van der Waals surface area contributed by atoms with E-state index in [0.717, 1.165) is 19.7 Å². The second-order valence-corrected chi connectivity index (χ2v) is 6.05. The first-order valence-corrected chi connectivity index (χ1v) is 7.21. The third-order valence-corrected chi connectivity index (χ3v) is 4.93. The molecule has 2 fully saturated rings. The van der Waals surface area contributed by atoms with Crippen LogP contribution in [0.5, 0.6) is 0 Å². The molecule has 0 amide bonds. The Hall–Kier alpha value is -0.120. The SMILES string of the molecule is CCC1(C)CCN(C(C)C2CNCCO2)CC1. The molecule has 1 N–H and O–H groups in total. The van der Waals surface area contributed by atoms with E-state index in [1.807, 2.05) is 0 Å². The molecule has 0 spiro atoms. The number of nitrogens with one attached hydrogen (secondary N) is 1. The van der Waals surface area contributed by atoms with Gasteiger partial charge in [0.1, 0.15) is 0 Å². The Labute approximate surface area is 106 Å².